The van der Waals surface area contributed by atoms with Gasteiger partial charge in [0, 0.05) is 19.2 Å². The number of hydrogen-bond acceptors (Lipinski definition) is 4. The van der Waals surface area contributed by atoms with Crippen LogP contribution in [0.25, 0.3) is 0 Å². The summed E-state index contributed by atoms with van der Waals surface area (Å²) >= 11 is 5.71. The standard InChI is InChI=1S/C9H7ClN2O3/c10-7-5-6(13)1-2-8(7)11-15-9(14)12-3-4-12/h1-2,5H,3-4H2. The Kier molecular flexibility index (Phi) is 2.55. The molecule has 15 heavy (non-hydrogen) atoms. The van der Waals surface area contributed by atoms with Crippen LogP contribution in [0.4, 0.5) is 4.79 Å². The molecule has 1 aliphatic carbocycles. The van der Waals surface area contributed by atoms with Crippen molar-refractivity contribution in [1.82, 2.24) is 4.90 Å². The maximum Gasteiger partial charge on any atom is 0.436 e. The summed E-state index contributed by atoms with van der Waals surface area (Å²) in [4.78, 5) is 28.0. The van der Waals surface area contributed by atoms with E-state index in [1.165, 1.54) is 23.1 Å². The summed E-state index contributed by atoms with van der Waals surface area (Å²) in [6, 6.07) is 0. The van der Waals surface area contributed by atoms with Crippen molar-refractivity contribution in [2.45, 2.75) is 0 Å². The van der Waals surface area contributed by atoms with Gasteiger partial charge >= 0.3 is 6.09 Å². The molecular formula is C9H7ClN2O3. The highest BCUT2D eigenvalue weighted by atomic mass is 35.5. The number of amides is 1. The van der Waals surface area contributed by atoms with Gasteiger partial charge in [-0.2, -0.15) is 0 Å². The Bertz CT molecular complexity index is 408. The summed E-state index contributed by atoms with van der Waals surface area (Å²) < 4.78 is 0. The zero-order valence-corrected chi connectivity index (χ0v) is 8.40. The average Bonchev–Trinajstić information content (AvgIpc) is 2.99. The number of nitrogens with zero attached hydrogens (tertiary/aromatic N) is 2. The molecule has 0 spiro atoms. The van der Waals surface area contributed by atoms with Gasteiger partial charge in [-0.1, -0.05) is 16.8 Å². The molecule has 78 valence electrons. The second-order valence-corrected chi connectivity index (χ2v) is 3.46. The van der Waals surface area contributed by atoms with Crippen molar-refractivity contribution in [2.75, 3.05) is 13.1 Å². The lowest BCUT2D eigenvalue weighted by Gasteiger charge is -2.03. The molecule has 5 nitrogen and oxygen atoms in total. The van der Waals surface area contributed by atoms with E-state index < -0.39 is 6.09 Å². The SMILES string of the molecule is O=C1C=CC(=NOC(=O)N2CC2)C(Cl)=C1. The molecule has 0 unspecified atom stereocenters. The molecule has 1 amide bonds. The van der Waals surface area contributed by atoms with E-state index in [4.69, 9.17) is 11.6 Å². The van der Waals surface area contributed by atoms with Crippen LogP contribution in [0.1, 0.15) is 0 Å². The third kappa shape index (κ3) is 2.44. The number of oxime groups is 1. The van der Waals surface area contributed by atoms with Crippen LogP contribution in [0, 0.1) is 0 Å². The van der Waals surface area contributed by atoms with Crippen LogP contribution in [0.3, 0.4) is 0 Å². The van der Waals surface area contributed by atoms with E-state index in [-0.39, 0.29) is 16.5 Å². The van der Waals surface area contributed by atoms with Crippen molar-refractivity contribution >= 4 is 29.2 Å². The van der Waals surface area contributed by atoms with E-state index in [1.807, 2.05) is 0 Å². The van der Waals surface area contributed by atoms with Crippen LogP contribution in [-0.2, 0) is 9.63 Å². The smallest absolute Gasteiger partial charge is 0.303 e. The number of hydrogen-bond donors (Lipinski definition) is 0. The predicted molar refractivity (Wildman–Crippen MR) is 53.6 cm³/mol. The van der Waals surface area contributed by atoms with E-state index >= 15 is 0 Å². The van der Waals surface area contributed by atoms with Gasteiger partial charge in [0.05, 0.1) is 5.03 Å². The molecule has 1 aliphatic heterocycles. The van der Waals surface area contributed by atoms with E-state index in [1.54, 1.807) is 0 Å². The van der Waals surface area contributed by atoms with Crippen molar-refractivity contribution in [3.05, 3.63) is 23.3 Å². The maximum atomic E-state index is 11.1. The number of carbonyl (C=O) groups excluding carboxylic acids is 2. The molecule has 0 N–H and O–H groups in total. The number of rotatable bonds is 1. The molecule has 0 atom stereocenters. The van der Waals surface area contributed by atoms with Gasteiger partial charge in [0.25, 0.3) is 0 Å². The van der Waals surface area contributed by atoms with E-state index in [9.17, 15) is 9.59 Å². The van der Waals surface area contributed by atoms with Gasteiger partial charge in [-0.05, 0) is 12.2 Å². The van der Waals surface area contributed by atoms with Crippen molar-refractivity contribution < 1.29 is 14.4 Å². The van der Waals surface area contributed by atoms with Gasteiger partial charge in [0.2, 0.25) is 0 Å². The maximum absolute atomic E-state index is 11.1. The largest absolute Gasteiger partial charge is 0.436 e. The highest BCUT2D eigenvalue weighted by molar-refractivity contribution is 6.48. The summed E-state index contributed by atoms with van der Waals surface area (Å²) in [7, 11) is 0. The van der Waals surface area contributed by atoms with Gasteiger partial charge in [0.1, 0.15) is 5.71 Å². The molecule has 1 fully saturated rings. The van der Waals surface area contributed by atoms with Crippen LogP contribution in [0.5, 0.6) is 0 Å². The molecule has 1 saturated heterocycles. The fraction of sp³-hybridized carbons (Fsp3) is 0.222. The van der Waals surface area contributed by atoms with Gasteiger partial charge in [-0.25, -0.2) is 4.79 Å². The van der Waals surface area contributed by atoms with E-state index in [0.29, 0.717) is 13.1 Å². The normalized spacial score (nSPS) is 21.7. The first-order valence-corrected chi connectivity index (χ1v) is 4.68. The Morgan fingerprint density at radius 1 is 1.47 bits per heavy atom. The minimum absolute atomic E-state index is 0.168. The minimum atomic E-state index is -0.503. The second kappa shape index (κ2) is 3.86. The van der Waals surface area contributed by atoms with Crippen molar-refractivity contribution in [2.24, 2.45) is 5.16 Å². The topological polar surface area (TPSA) is 58.7 Å². The van der Waals surface area contributed by atoms with Crippen LogP contribution < -0.4 is 0 Å². The molecule has 6 heteroatoms. The van der Waals surface area contributed by atoms with E-state index in [2.05, 4.69) is 9.99 Å². The number of allylic oxidation sites excluding steroid dienone is 4. The fourth-order valence-electron chi connectivity index (χ4n) is 0.940. The zero-order valence-electron chi connectivity index (χ0n) is 7.64. The summed E-state index contributed by atoms with van der Waals surface area (Å²) in [6.07, 6.45) is 3.42. The Morgan fingerprint density at radius 2 is 2.20 bits per heavy atom. The summed E-state index contributed by atoms with van der Waals surface area (Å²) in [5.41, 5.74) is 0.270. The van der Waals surface area contributed by atoms with Gasteiger partial charge in [-0.3, -0.25) is 9.63 Å². The van der Waals surface area contributed by atoms with Crippen molar-refractivity contribution in [3.63, 3.8) is 0 Å². The second-order valence-electron chi connectivity index (χ2n) is 3.05. The minimum Gasteiger partial charge on any atom is -0.303 e. The number of halogens is 1. The highest BCUT2D eigenvalue weighted by Crippen LogP contribution is 2.12. The third-order valence-corrected chi connectivity index (χ3v) is 2.15. The van der Waals surface area contributed by atoms with Crippen molar-refractivity contribution in [1.29, 1.82) is 0 Å². The van der Waals surface area contributed by atoms with Gasteiger partial charge < -0.3 is 4.90 Å². The lowest BCUT2D eigenvalue weighted by Crippen LogP contribution is -2.11. The molecule has 0 aromatic rings. The summed E-state index contributed by atoms with van der Waals surface area (Å²) in [6.45, 7) is 1.39. The molecule has 2 aliphatic rings. The summed E-state index contributed by atoms with van der Waals surface area (Å²) in [5.74, 6) is -0.212. The van der Waals surface area contributed by atoms with Gasteiger partial charge in [-0.15, -0.1) is 0 Å². The molecule has 0 bridgehead atoms. The molecular weight excluding hydrogens is 220 g/mol. The Morgan fingerprint density at radius 3 is 2.80 bits per heavy atom. The first kappa shape index (κ1) is 9.92. The first-order valence-electron chi connectivity index (χ1n) is 4.30. The van der Waals surface area contributed by atoms with Gasteiger partial charge in [0.15, 0.2) is 5.78 Å². The molecule has 1 heterocycles. The first-order chi connectivity index (χ1) is 7.16. The quantitative estimate of drug-likeness (QED) is 0.291. The Hall–Kier alpha value is -1.62. The predicted octanol–water partition coefficient (Wildman–Crippen LogP) is 1.06. The van der Waals surface area contributed by atoms with Crippen LogP contribution in [0.2, 0.25) is 0 Å². The van der Waals surface area contributed by atoms with Crippen molar-refractivity contribution in [3.8, 4) is 0 Å². The Labute approximate surface area is 90.6 Å². The number of carbonyl (C=O) groups is 2. The van der Waals surface area contributed by atoms with Crippen LogP contribution in [0.15, 0.2) is 28.4 Å². The lowest BCUT2D eigenvalue weighted by molar-refractivity contribution is -0.110. The zero-order chi connectivity index (χ0) is 10.8. The fourth-order valence-corrected chi connectivity index (χ4v) is 1.15. The van der Waals surface area contributed by atoms with E-state index in [0.717, 1.165) is 0 Å². The van der Waals surface area contributed by atoms with Crippen LogP contribution in [-0.4, -0.2) is 35.6 Å². The molecule has 0 aromatic heterocycles. The molecule has 0 saturated carbocycles. The number of ketones is 1. The molecule has 2 rings (SSSR count). The monoisotopic (exact) mass is 226 g/mol. The molecule has 0 radical (unpaired) electrons. The average molecular weight is 227 g/mol. The third-order valence-electron chi connectivity index (χ3n) is 1.85. The lowest BCUT2D eigenvalue weighted by atomic mass is 10.2. The Balaban J connectivity index is 2.00. The summed E-state index contributed by atoms with van der Waals surface area (Å²) in [5, 5.41) is 3.71. The highest BCUT2D eigenvalue weighted by Gasteiger charge is 2.26. The molecule has 0 aromatic carbocycles. The van der Waals surface area contributed by atoms with Crippen LogP contribution >= 0.6 is 11.6 Å².